The van der Waals surface area contributed by atoms with Gasteiger partial charge in [-0.25, -0.2) is 0 Å². The number of nitrogens with two attached hydrogens (primary N) is 2. The average Bonchev–Trinajstić information content (AvgIpc) is 2.67. The van der Waals surface area contributed by atoms with Gasteiger partial charge in [0, 0.05) is 17.8 Å². The zero-order valence-corrected chi connectivity index (χ0v) is 11.0. The molecule has 0 saturated heterocycles. The summed E-state index contributed by atoms with van der Waals surface area (Å²) in [4.78, 5) is 13.4. The zero-order valence-electron chi connectivity index (χ0n) is 11.0. The summed E-state index contributed by atoms with van der Waals surface area (Å²) in [5, 5.41) is 0. The van der Waals surface area contributed by atoms with Crippen LogP contribution in [0.1, 0.15) is 37.4 Å². The van der Waals surface area contributed by atoms with Crippen LogP contribution in [0.5, 0.6) is 0 Å². The molecule has 1 aliphatic rings. The molecule has 1 unspecified atom stereocenters. The van der Waals surface area contributed by atoms with Gasteiger partial charge in [0.05, 0.1) is 6.54 Å². The number of benzene rings is 1. The average molecular weight is 247 g/mol. The molecule has 4 N–H and O–H groups in total. The van der Waals surface area contributed by atoms with Crippen molar-refractivity contribution in [1.29, 1.82) is 0 Å². The summed E-state index contributed by atoms with van der Waals surface area (Å²) in [5.74, 6) is -0.271. The van der Waals surface area contributed by atoms with Gasteiger partial charge in [0.25, 0.3) is 0 Å². The molecule has 0 aromatic heterocycles. The minimum absolute atomic E-state index is 0.271. The van der Waals surface area contributed by atoms with Crippen molar-refractivity contribution in [3.63, 3.8) is 0 Å². The van der Waals surface area contributed by atoms with Crippen LogP contribution in [-0.2, 0) is 11.2 Å². The molecule has 1 aromatic carbocycles. The first-order chi connectivity index (χ1) is 8.49. The third kappa shape index (κ3) is 2.48. The predicted molar refractivity (Wildman–Crippen MR) is 73.0 cm³/mol. The van der Waals surface area contributed by atoms with Crippen molar-refractivity contribution in [2.45, 2.75) is 38.8 Å². The van der Waals surface area contributed by atoms with Gasteiger partial charge in [-0.3, -0.25) is 9.69 Å². The maximum absolute atomic E-state index is 11.2. The molecule has 0 aliphatic heterocycles. The molecule has 0 fully saturated rings. The Balaban J connectivity index is 2.27. The number of hydrogen-bond donors (Lipinski definition) is 2. The van der Waals surface area contributed by atoms with E-state index in [0.29, 0.717) is 12.6 Å². The molecule has 4 nitrogen and oxygen atoms in total. The maximum atomic E-state index is 11.2. The molecule has 1 aromatic rings. The third-order valence-corrected chi connectivity index (χ3v) is 3.62. The number of nitrogens with zero attached hydrogens (tertiary/aromatic N) is 1. The van der Waals surface area contributed by atoms with Crippen LogP contribution in [0.15, 0.2) is 18.2 Å². The molecule has 18 heavy (non-hydrogen) atoms. The number of hydrogen-bond acceptors (Lipinski definition) is 3. The lowest BCUT2D eigenvalue weighted by Gasteiger charge is -2.32. The summed E-state index contributed by atoms with van der Waals surface area (Å²) in [6.07, 6.45) is 2.05. The van der Waals surface area contributed by atoms with Crippen LogP contribution < -0.4 is 11.5 Å². The highest BCUT2D eigenvalue weighted by Gasteiger charge is 2.30. The van der Waals surface area contributed by atoms with E-state index in [1.807, 2.05) is 12.1 Å². The van der Waals surface area contributed by atoms with Gasteiger partial charge in [0.2, 0.25) is 5.91 Å². The lowest BCUT2D eigenvalue weighted by atomic mass is 10.0. The Morgan fingerprint density at radius 2 is 2.22 bits per heavy atom. The fourth-order valence-corrected chi connectivity index (χ4v) is 2.79. The summed E-state index contributed by atoms with van der Waals surface area (Å²) in [6, 6.07) is 6.63. The molecular weight excluding hydrogens is 226 g/mol. The SMILES string of the molecule is CC(C)N(CC(N)=O)C1CCc2cc(N)ccc21. The van der Waals surface area contributed by atoms with Crippen molar-refractivity contribution in [1.82, 2.24) is 4.90 Å². The Labute approximate surface area is 108 Å². The van der Waals surface area contributed by atoms with Gasteiger partial charge in [0.1, 0.15) is 0 Å². The second-order valence-electron chi connectivity index (χ2n) is 5.25. The van der Waals surface area contributed by atoms with Gasteiger partial charge in [0.15, 0.2) is 0 Å². The summed E-state index contributed by atoms with van der Waals surface area (Å²) in [6.45, 7) is 4.50. The largest absolute Gasteiger partial charge is 0.399 e. The Kier molecular flexibility index (Phi) is 3.57. The van der Waals surface area contributed by atoms with Gasteiger partial charge in [-0.05, 0) is 49.9 Å². The highest BCUT2D eigenvalue weighted by Crippen LogP contribution is 2.37. The van der Waals surface area contributed by atoms with E-state index in [-0.39, 0.29) is 11.9 Å². The van der Waals surface area contributed by atoms with Crippen LogP contribution in [0.3, 0.4) is 0 Å². The summed E-state index contributed by atoms with van der Waals surface area (Å²) < 4.78 is 0. The molecule has 2 rings (SSSR count). The van der Waals surface area contributed by atoms with Crippen molar-refractivity contribution in [3.8, 4) is 0 Å². The number of fused-ring (bicyclic) bond motifs is 1. The first-order valence-electron chi connectivity index (χ1n) is 6.41. The zero-order chi connectivity index (χ0) is 13.3. The Morgan fingerprint density at radius 3 is 2.83 bits per heavy atom. The molecule has 0 radical (unpaired) electrons. The maximum Gasteiger partial charge on any atom is 0.231 e. The quantitative estimate of drug-likeness (QED) is 0.791. The number of aryl methyl sites for hydroxylation is 1. The fourth-order valence-electron chi connectivity index (χ4n) is 2.79. The Bertz CT molecular complexity index is 456. The minimum Gasteiger partial charge on any atom is -0.399 e. The van der Waals surface area contributed by atoms with Crippen molar-refractivity contribution < 1.29 is 4.79 Å². The minimum atomic E-state index is -0.271. The first-order valence-corrected chi connectivity index (χ1v) is 6.41. The van der Waals surface area contributed by atoms with Crippen molar-refractivity contribution >= 4 is 11.6 Å². The molecule has 0 spiro atoms. The van der Waals surface area contributed by atoms with E-state index in [1.165, 1.54) is 11.1 Å². The van der Waals surface area contributed by atoms with Crippen molar-refractivity contribution in [2.75, 3.05) is 12.3 Å². The van der Waals surface area contributed by atoms with Crippen LogP contribution in [0, 0.1) is 0 Å². The van der Waals surface area contributed by atoms with E-state index in [1.54, 1.807) is 0 Å². The molecule has 0 bridgehead atoms. The first kappa shape index (κ1) is 12.9. The fraction of sp³-hybridized carbons (Fsp3) is 0.500. The van der Waals surface area contributed by atoms with Gasteiger partial charge in [-0.15, -0.1) is 0 Å². The smallest absolute Gasteiger partial charge is 0.231 e. The van der Waals surface area contributed by atoms with Crippen molar-refractivity contribution in [2.24, 2.45) is 5.73 Å². The predicted octanol–water partition coefficient (Wildman–Crippen LogP) is 1.45. The number of carbonyl (C=O) groups is 1. The number of nitrogen functional groups attached to an aromatic ring is 1. The van der Waals surface area contributed by atoms with Crippen LogP contribution in [0.25, 0.3) is 0 Å². The third-order valence-electron chi connectivity index (χ3n) is 3.62. The van der Waals surface area contributed by atoms with Gasteiger partial charge in [-0.1, -0.05) is 6.07 Å². The van der Waals surface area contributed by atoms with E-state index < -0.39 is 0 Å². The molecule has 98 valence electrons. The second kappa shape index (κ2) is 4.98. The number of rotatable bonds is 4. The summed E-state index contributed by atoms with van der Waals surface area (Å²) in [5.41, 5.74) is 14.5. The molecule has 1 atom stereocenters. The number of amides is 1. The van der Waals surface area contributed by atoms with E-state index >= 15 is 0 Å². The topological polar surface area (TPSA) is 72.3 Å². The molecule has 1 aliphatic carbocycles. The molecule has 0 heterocycles. The molecule has 0 saturated carbocycles. The van der Waals surface area contributed by atoms with E-state index in [2.05, 4.69) is 24.8 Å². The van der Waals surface area contributed by atoms with Crippen LogP contribution in [0.4, 0.5) is 5.69 Å². The number of anilines is 1. The van der Waals surface area contributed by atoms with Crippen LogP contribution in [-0.4, -0.2) is 23.4 Å². The van der Waals surface area contributed by atoms with Gasteiger partial charge in [-0.2, -0.15) is 0 Å². The van der Waals surface area contributed by atoms with Crippen LogP contribution in [0.2, 0.25) is 0 Å². The molecule has 4 heteroatoms. The van der Waals surface area contributed by atoms with Gasteiger partial charge < -0.3 is 11.5 Å². The Morgan fingerprint density at radius 1 is 1.50 bits per heavy atom. The van der Waals surface area contributed by atoms with Crippen molar-refractivity contribution in [3.05, 3.63) is 29.3 Å². The molecule has 1 amide bonds. The summed E-state index contributed by atoms with van der Waals surface area (Å²) in [7, 11) is 0. The van der Waals surface area contributed by atoms with Gasteiger partial charge >= 0.3 is 0 Å². The highest BCUT2D eigenvalue weighted by molar-refractivity contribution is 5.76. The number of primary amides is 1. The van der Waals surface area contributed by atoms with Crippen LogP contribution >= 0.6 is 0 Å². The standard InChI is InChI=1S/C14H21N3O/c1-9(2)17(8-14(16)18)13-6-3-10-7-11(15)4-5-12(10)13/h4-5,7,9,13H,3,6,8,15H2,1-2H3,(H2,16,18). The monoisotopic (exact) mass is 247 g/mol. The van der Waals surface area contributed by atoms with E-state index in [4.69, 9.17) is 11.5 Å². The highest BCUT2D eigenvalue weighted by atomic mass is 16.1. The normalized spacial score (nSPS) is 18.3. The van der Waals surface area contributed by atoms with E-state index in [9.17, 15) is 4.79 Å². The van der Waals surface area contributed by atoms with E-state index in [0.717, 1.165) is 18.5 Å². The summed E-state index contributed by atoms with van der Waals surface area (Å²) >= 11 is 0. The number of carbonyl (C=O) groups excluding carboxylic acids is 1. The second-order valence-corrected chi connectivity index (χ2v) is 5.25. The Hall–Kier alpha value is -1.55. The molecular formula is C14H21N3O. The lowest BCUT2D eigenvalue weighted by Crippen LogP contribution is -2.40. The lowest BCUT2D eigenvalue weighted by molar-refractivity contribution is -0.120.